The highest BCUT2D eigenvalue weighted by Gasteiger charge is 2.26. The second-order valence-corrected chi connectivity index (χ2v) is 10.2. The molecule has 0 radical (unpaired) electrons. The fourth-order valence-electron chi connectivity index (χ4n) is 4.31. The molecule has 10 heteroatoms. The van der Waals surface area contributed by atoms with Crippen molar-refractivity contribution in [1.82, 2.24) is 9.80 Å². The SMILES string of the molecule is COc1ccc(CCOCCN2CCC(N(C)C3=Nc4ccccc4CS3)CC2)cc1.O=C(O)/C=C/C(=O)O. The maximum atomic E-state index is 9.55. The van der Waals surface area contributed by atoms with Gasteiger partial charge in [-0.1, -0.05) is 42.1 Å². The van der Waals surface area contributed by atoms with Crippen molar-refractivity contribution in [2.45, 2.75) is 31.1 Å². The number of fused-ring (bicyclic) bond motifs is 1. The molecule has 2 aliphatic heterocycles. The van der Waals surface area contributed by atoms with Crippen molar-refractivity contribution in [3.05, 3.63) is 71.8 Å². The van der Waals surface area contributed by atoms with Crippen molar-refractivity contribution in [3.63, 3.8) is 0 Å². The summed E-state index contributed by atoms with van der Waals surface area (Å²) < 4.78 is 11.1. The molecule has 210 valence electrons. The Kier molecular flexibility index (Phi) is 12.3. The van der Waals surface area contributed by atoms with Gasteiger partial charge in [0.15, 0.2) is 5.17 Å². The average Bonchev–Trinajstić information content (AvgIpc) is 2.96. The molecule has 0 amide bonds. The molecule has 0 unspecified atom stereocenters. The Balaban J connectivity index is 0.000000459. The number of likely N-dealkylation sites (tertiary alicyclic amines) is 1. The van der Waals surface area contributed by atoms with Gasteiger partial charge in [-0.05, 0) is 48.6 Å². The fraction of sp³-hybridized carbons (Fsp3) is 0.414. The molecule has 0 aromatic heterocycles. The lowest BCUT2D eigenvalue weighted by Gasteiger charge is -2.38. The van der Waals surface area contributed by atoms with E-state index in [1.54, 1.807) is 7.11 Å². The van der Waals surface area contributed by atoms with Gasteiger partial charge in [-0.15, -0.1) is 0 Å². The minimum Gasteiger partial charge on any atom is -0.497 e. The van der Waals surface area contributed by atoms with Gasteiger partial charge in [0.25, 0.3) is 0 Å². The van der Waals surface area contributed by atoms with E-state index in [0.29, 0.717) is 18.2 Å². The Morgan fingerprint density at radius 3 is 2.36 bits per heavy atom. The van der Waals surface area contributed by atoms with E-state index in [1.165, 1.54) is 29.1 Å². The fourth-order valence-corrected chi connectivity index (χ4v) is 5.35. The monoisotopic (exact) mass is 555 g/mol. The number of hydrogen-bond acceptors (Lipinski definition) is 8. The smallest absolute Gasteiger partial charge is 0.328 e. The third kappa shape index (κ3) is 10.4. The standard InChI is InChI=1S/C25H33N3O2S.C4H4O4/c1-27(25-26-24-6-4-3-5-21(24)19-31-25)22-11-14-28(15-12-22)16-18-30-17-13-20-7-9-23(29-2)10-8-20;5-3(6)1-2-4(7)8/h3-10,22H,11-19H2,1-2H3;1-2H,(H,5,6)(H,7,8)/b;2-1+. The number of methoxy groups -OCH3 is 1. The molecule has 2 aromatic carbocycles. The normalized spacial score (nSPS) is 15.6. The van der Waals surface area contributed by atoms with Gasteiger partial charge >= 0.3 is 11.9 Å². The summed E-state index contributed by atoms with van der Waals surface area (Å²) in [7, 11) is 3.91. The van der Waals surface area contributed by atoms with Crippen molar-refractivity contribution in [2.75, 3.05) is 47.0 Å². The zero-order valence-electron chi connectivity index (χ0n) is 22.5. The van der Waals surface area contributed by atoms with Crippen LogP contribution in [0.3, 0.4) is 0 Å². The molecular weight excluding hydrogens is 518 g/mol. The van der Waals surface area contributed by atoms with Crippen molar-refractivity contribution in [3.8, 4) is 5.75 Å². The Bertz CT molecular complexity index is 1110. The van der Waals surface area contributed by atoms with Crippen LogP contribution < -0.4 is 4.74 Å². The van der Waals surface area contributed by atoms with Crippen LogP contribution in [0, 0.1) is 0 Å². The van der Waals surface area contributed by atoms with E-state index in [1.807, 2.05) is 23.9 Å². The predicted molar refractivity (Wildman–Crippen MR) is 154 cm³/mol. The maximum absolute atomic E-state index is 9.55. The molecule has 1 fully saturated rings. The number of benzene rings is 2. The number of piperidine rings is 1. The second-order valence-electron chi connectivity index (χ2n) is 9.22. The van der Waals surface area contributed by atoms with Gasteiger partial charge in [-0.2, -0.15) is 0 Å². The van der Waals surface area contributed by atoms with Crippen LogP contribution in [0.4, 0.5) is 5.69 Å². The van der Waals surface area contributed by atoms with Gasteiger partial charge in [0.1, 0.15) is 5.75 Å². The minimum atomic E-state index is -1.26. The van der Waals surface area contributed by atoms with Crippen LogP contribution in [0.15, 0.2) is 65.7 Å². The molecule has 0 atom stereocenters. The third-order valence-electron chi connectivity index (χ3n) is 6.59. The van der Waals surface area contributed by atoms with Gasteiger partial charge in [-0.3, -0.25) is 0 Å². The molecule has 2 aliphatic rings. The number of carboxylic acids is 2. The molecule has 0 aliphatic carbocycles. The van der Waals surface area contributed by atoms with E-state index in [9.17, 15) is 9.59 Å². The number of aliphatic imine (C=N–C) groups is 1. The highest BCUT2D eigenvalue weighted by Crippen LogP contribution is 2.32. The number of hydrogen-bond donors (Lipinski definition) is 2. The summed E-state index contributed by atoms with van der Waals surface area (Å²) in [6.45, 7) is 4.85. The van der Waals surface area contributed by atoms with E-state index in [-0.39, 0.29) is 0 Å². The third-order valence-corrected chi connectivity index (χ3v) is 7.68. The Morgan fingerprint density at radius 1 is 1.05 bits per heavy atom. The van der Waals surface area contributed by atoms with Crippen molar-refractivity contribution in [2.24, 2.45) is 4.99 Å². The van der Waals surface area contributed by atoms with Crippen LogP contribution in [0.2, 0.25) is 0 Å². The minimum absolute atomic E-state index is 0.558. The number of aliphatic carboxylic acids is 2. The number of ether oxygens (including phenoxy) is 2. The molecule has 0 bridgehead atoms. The van der Waals surface area contributed by atoms with E-state index in [2.05, 4.69) is 53.2 Å². The number of carboxylic acid groups (broad SMARTS) is 2. The summed E-state index contributed by atoms with van der Waals surface area (Å²) in [4.78, 5) is 29.0. The number of amidine groups is 1. The van der Waals surface area contributed by atoms with Gasteiger partial charge < -0.3 is 29.5 Å². The Morgan fingerprint density at radius 2 is 1.72 bits per heavy atom. The quantitative estimate of drug-likeness (QED) is 0.327. The number of carbonyl (C=O) groups is 2. The molecule has 2 heterocycles. The molecule has 4 rings (SSSR count). The van der Waals surface area contributed by atoms with Crippen LogP contribution >= 0.6 is 11.8 Å². The predicted octanol–water partition coefficient (Wildman–Crippen LogP) is 4.30. The summed E-state index contributed by atoms with van der Waals surface area (Å²) in [6, 6.07) is 17.3. The number of rotatable bonds is 10. The van der Waals surface area contributed by atoms with Crippen LogP contribution in [0.25, 0.3) is 0 Å². The van der Waals surface area contributed by atoms with Crippen LogP contribution in [-0.2, 0) is 26.5 Å². The molecule has 1 saturated heterocycles. The van der Waals surface area contributed by atoms with Crippen molar-refractivity contribution < 1.29 is 29.3 Å². The molecule has 2 aromatic rings. The first-order chi connectivity index (χ1) is 18.9. The van der Waals surface area contributed by atoms with Crippen molar-refractivity contribution >= 4 is 34.6 Å². The largest absolute Gasteiger partial charge is 0.497 e. The lowest BCUT2D eigenvalue weighted by atomic mass is 10.0. The number of para-hydroxylation sites is 1. The van der Waals surface area contributed by atoms with Gasteiger partial charge in [0.2, 0.25) is 0 Å². The first-order valence-corrected chi connectivity index (χ1v) is 13.9. The van der Waals surface area contributed by atoms with E-state index < -0.39 is 11.9 Å². The summed E-state index contributed by atoms with van der Waals surface area (Å²) in [5.74, 6) is -0.594. The van der Waals surface area contributed by atoms with Crippen molar-refractivity contribution in [1.29, 1.82) is 0 Å². The molecule has 39 heavy (non-hydrogen) atoms. The number of nitrogens with zero attached hydrogens (tertiary/aromatic N) is 3. The molecule has 0 saturated carbocycles. The topological polar surface area (TPSA) is 112 Å². The maximum Gasteiger partial charge on any atom is 0.328 e. The van der Waals surface area contributed by atoms with Gasteiger partial charge in [-0.25, -0.2) is 14.6 Å². The zero-order valence-corrected chi connectivity index (χ0v) is 23.3. The lowest BCUT2D eigenvalue weighted by Crippen LogP contribution is -2.45. The Hall–Kier alpha value is -3.34. The Labute approximate surface area is 234 Å². The first-order valence-electron chi connectivity index (χ1n) is 12.9. The lowest BCUT2D eigenvalue weighted by molar-refractivity contribution is -0.134. The van der Waals surface area contributed by atoms with Gasteiger partial charge in [0, 0.05) is 50.6 Å². The average molecular weight is 556 g/mol. The van der Waals surface area contributed by atoms with Crippen LogP contribution in [-0.4, -0.2) is 90.2 Å². The van der Waals surface area contributed by atoms with Crippen LogP contribution in [0.5, 0.6) is 5.75 Å². The van der Waals surface area contributed by atoms with E-state index in [4.69, 9.17) is 24.7 Å². The second kappa shape index (κ2) is 15.9. The summed E-state index contributed by atoms with van der Waals surface area (Å²) in [5.41, 5.74) is 3.76. The zero-order chi connectivity index (χ0) is 28.0. The van der Waals surface area contributed by atoms with Gasteiger partial charge in [0.05, 0.1) is 26.0 Å². The number of thioether (sulfide) groups is 1. The summed E-state index contributed by atoms with van der Waals surface area (Å²) in [6.07, 6.45) is 4.43. The molecule has 0 spiro atoms. The summed E-state index contributed by atoms with van der Waals surface area (Å²) >= 11 is 1.86. The molecular formula is C29H37N3O6S. The van der Waals surface area contributed by atoms with E-state index >= 15 is 0 Å². The molecule has 2 N–H and O–H groups in total. The highest BCUT2D eigenvalue weighted by molar-refractivity contribution is 8.13. The highest BCUT2D eigenvalue weighted by atomic mass is 32.2. The van der Waals surface area contributed by atoms with Crippen LogP contribution in [0.1, 0.15) is 24.0 Å². The summed E-state index contributed by atoms with van der Waals surface area (Å²) in [5, 5.41) is 16.8. The van der Waals surface area contributed by atoms with E-state index in [0.717, 1.165) is 56.5 Å². The molecule has 9 nitrogen and oxygen atoms in total. The first kappa shape index (κ1) is 30.2.